The molecular formula is C12H15N3O. The molecule has 1 unspecified atom stereocenters. The Balaban J connectivity index is 2.05. The standard InChI is InChI=1S/C12H15N3O/c1-9-2-3-10-6-14-12(15(10)7-9)11-8-16-5-4-13-11/h2-3,6-7,11,13H,4-5,8H2,1H3. The van der Waals surface area contributed by atoms with Gasteiger partial charge in [0.25, 0.3) is 0 Å². The average Bonchev–Trinajstić information content (AvgIpc) is 2.73. The van der Waals surface area contributed by atoms with Gasteiger partial charge in [0.05, 0.1) is 31.0 Å². The van der Waals surface area contributed by atoms with Crippen LogP contribution in [0.2, 0.25) is 0 Å². The molecule has 3 rings (SSSR count). The average molecular weight is 217 g/mol. The van der Waals surface area contributed by atoms with E-state index in [1.165, 1.54) is 5.56 Å². The number of nitrogens with one attached hydrogen (secondary N) is 1. The molecule has 16 heavy (non-hydrogen) atoms. The van der Waals surface area contributed by atoms with Crippen LogP contribution >= 0.6 is 0 Å². The van der Waals surface area contributed by atoms with Crippen molar-refractivity contribution in [2.24, 2.45) is 0 Å². The van der Waals surface area contributed by atoms with E-state index in [0.717, 1.165) is 24.5 Å². The predicted molar refractivity (Wildman–Crippen MR) is 61.5 cm³/mol. The van der Waals surface area contributed by atoms with Crippen LogP contribution in [0.3, 0.4) is 0 Å². The molecule has 2 aromatic heterocycles. The van der Waals surface area contributed by atoms with Crippen molar-refractivity contribution < 1.29 is 4.74 Å². The highest BCUT2D eigenvalue weighted by molar-refractivity contribution is 5.47. The minimum atomic E-state index is 0.207. The number of hydrogen-bond acceptors (Lipinski definition) is 3. The first-order chi connectivity index (χ1) is 7.84. The molecule has 1 fully saturated rings. The van der Waals surface area contributed by atoms with E-state index in [1.807, 2.05) is 6.20 Å². The van der Waals surface area contributed by atoms with Gasteiger partial charge in [0.1, 0.15) is 5.82 Å². The Hall–Kier alpha value is -1.39. The van der Waals surface area contributed by atoms with Gasteiger partial charge >= 0.3 is 0 Å². The zero-order valence-electron chi connectivity index (χ0n) is 9.31. The highest BCUT2D eigenvalue weighted by Gasteiger charge is 2.19. The number of pyridine rings is 1. The highest BCUT2D eigenvalue weighted by Crippen LogP contribution is 2.17. The van der Waals surface area contributed by atoms with Crippen molar-refractivity contribution in [1.82, 2.24) is 14.7 Å². The van der Waals surface area contributed by atoms with E-state index in [9.17, 15) is 0 Å². The van der Waals surface area contributed by atoms with E-state index in [1.54, 1.807) is 0 Å². The van der Waals surface area contributed by atoms with Crippen LogP contribution in [0.4, 0.5) is 0 Å². The number of aryl methyl sites for hydroxylation is 1. The van der Waals surface area contributed by atoms with E-state index < -0.39 is 0 Å². The van der Waals surface area contributed by atoms with Gasteiger partial charge in [0, 0.05) is 12.7 Å². The summed E-state index contributed by atoms with van der Waals surface area (Å²) < 4.78 is 7.61. The minimum absolute atomic E-state index is 0.207. The highest BCUT2D eigenvalue weighted by atomic mass is 16.5. The Kier molecular flexibility index (Phi) is 2.38. The number of imidazole rings is 1. The summed E-state index contributed by atoms with van der Waals surface area (Å²) in [6.07, 6.45) is 4.03. The number of rotatable bonds is 1. The first-order valence-electron chi connectivity index (χ1n) is 5.59. The second-order valence-corrected chi connectivity index (χ2v) is 4.20. The van der Waals surface area contributed by atoms with Crippen LogP contribution in [0.15, 0.2) is 24.5 Å². The number of hydrogen-bond donors (Lipinski definition) is 1. The van der Waals surface area contributed by atoms with Crippen molar-refractivity contribution in [1.29, 1.82) is 0 Å². The fraction of sp³-hybridized carbons (Fsp3) is 0.417. The molecule has 1 aliphatic rings. The van der Waals surface area contributed by atoms with Crippen LogP contribution < -0.4 is 5.32 Å². The summed E-state index contributed by atoms with van der Waals surface area (Å²) in [6.45, 7) is 4.48. The lowest BCUT2D eigenvalue weighted by Gasteiger charge is -2.22. The van der Waals surface area contributed by atoms with Gasteiger partial charge in [0.2, 0.25) is 0 Å². The smallest absolute Gasteiger partial charge is 0.132 e. The molecule has 1 saturated heterocycles. The molecular weight excluding hydrogens is 202 g/mol. The summed E-state index contributed by atoms with van der Waals surface area (Å²) in [5, 5.41) is 3.42. The summed E-state index contributed by atoms with van der Waals surface area (Å²) in [4.78, 5) is 4.48. The van der Waals surface area contributed by atoms with Crippen LogP contribution in [0.1, 0.15) is 17.4 Å². The molecule has 0 saturated carbocycles. The third-order valence-electron chi connectivity index (χ3n) is 2.94. The fourth-order valence-corrected chi connectivity index (χ4v) is 2.11. The summed E-state index contributed by atoms with van der Waals surface area (Å²) in [5.74, 6) is 1.04. The summed E-state index contributed by atoms with van der Waals surface area (Å²) in [5.41, 5.74) is 2.37. The van der Waals surface area contributed by atoms with Gasteiger partial charge in [-0.1, -0.05) is 6.07 Å². The monoisotopic (exact) mass is 217 g/mol. The zero-order chi connectivity index (χ0) is 11.0. The number of nitrogens with zero attached hydrogens (tertiary/aromatic N) is 2. The molecule has 1 N–H and O–H groups in total. The molecule has 2 aromatic rings. The Morgan fingerprint density at radius 3 is 3.25 bits per heavy atom. The molecule has 3 heterocycles. The van der Waals surface area contributed by atoms with Crippen LogP contribution in [-0.2, 0) is 4.74 Å². The van der Waals surface area contributed by atoms with E-state index >= 15 is 0 Å². The second-order valence-electron chi connectivity index (χ2n) is 4.20. The van der Waals surface area contributed by atoms with Crippen LogP contribution in [0.25, 0.3) is 5.52 Å². The van der Waals surface area contributed by atoms with Gasteiger partial charge in [-0.2, -0.15) is 0 Å². The molecule has 4 nitrogen and oxygen atoms in total. The van der Waals surface area contributed by atoms with Crippen LogP contribution in [0, 0.1) is 6.92 Å². The van der Waals surface area contributed by atoms with Crippen molar-refractivity contribution in [2.75, 3.05) is 19.8 Å². The molecule has 4 heteroatoms. The van der Waals surface area contributed by atoms with E-state index in [2.05, 4.69) is 40.0 Å². The Morgan fingerprint density at radius 1 is 1.50 bits per heavy atom. The first kappa shape index (κ1) is 9.81. The topological polar surface area (TPSA) is 38.6 Å². The third kappa shape index (κ3) is 1.60. The maximum Gasteiger partial charge on any atom is 0.132 e. The molecule has 0 aromatic carbocycles. The van der Waals surface area contributed by atoms with Crippen molar-refractivity contribution in [3.63, 3.8) is 0 Å². The lowest BCUT2D eigenvalue weighted by molar-refractivity contribution is 0.0740. The van der Waals surface area contributed by atoms with E-state index in [0.29, 0.717) is 6.61 Å². The Labute approximate surface area is 94.3 Å². The molecule has 1 atom stereocenters. The van der Waals surface area contributed by atoms with Gasteiger partial charge in [-0.15, -0.1) is 0 Å². The Bertz CT molecular complexity index is 500. The number of ether oxygens (including phenoxy) is 1. The predicted octanol–water partition coefficient (Wildman–Crippen LogP) is 1.30. The van der Waals surface area contributed by atoms with Gasteiger partial charge < -0.3 is 14.5 Å². The maximum absolute atomic E-state index is 5.47. The molecule has 0 bridgehead atoms. The Morgan fingerprint density at radius 2 is 2.44 bits per heavy atom. The summed E-state index contributed by atoms with van der Waals surface area (Å²) in [6, 6.07) is 4.40. The van der Waals surface area contributed by atoms with Gasteiger partial charge in [-0.3, -0.25) is 0 Å². The maximum atomic E-state index is 5.47. The molecule has 0 spiro atoms. The quantitative estimate of drug-likeness (QED) is 0.782. The first-order valence-corrected chi connectivity index (χ1v) is 5.59. The molecule has 84 valence electrons. The van der Waals surface area contributed by atoms with Crippen LogP contribution in [0.5, 0.6) is 0 Å². The van der Waals surface area contributed by atoms with Gasteiger partial charge in [-0.05, 0) is 18.6 Å². The van der Waals surface area contributed by atoms with Crippen molar-refractivity contribution in [2.45, 2.75) is 13.0 Å². The lowest BCUT2D eigenvalue weighted by atomic mass is 10.2. The molecule has 0 radical (unpaired) electrons. The molecule has 1 aliphatic heterocycles. The summed E-state index contributed by atoms with van der Waals surface area (Å²) >= 11 is 0. The third-order valence-corrected chi connectivity index (χ3v) is 2.94. The molecule has 0 aliphatic carbocycles. The van der Waals surface area contributed by atoms with Gasteiger partial charge in [0.15, 0.2) is 0 Å². The number of fused-ring (bicyclic) bond motifs is 1. The number of aromatic nitrogens is 2. The van der Waals surface area contributed by atoms with E-state index in [4.69, 9.17) is 4.74 Å². The van der Waals surface area contributed by atoms with E-state index in [-0.39, 0.29) is 6.04 Å². The molecule has 0 amide bonds. The normalized spacial score (nSPS) is 21.4. The van der Waals surface area contributed by atoms with Gasteiger partial charge in [-0.25, -0.2) is 4.98 Å². The largest absolute Gasteiger partial charge is 0.378 e. The van der Waals surface area contributed by atoms with Crippen molar-refractivity contribution in [3.05, 3.63) is 35.9 Å². The zero-order valence-corrected chi connectivity index (χ0v) is 9.31. The summed E-state index contributed by atoms with van der Waals surface area (Å²) in [7, 11) is 0. The fourth-order valence-electron chi connectivity index (χ4n) is 2.11. The second kappa shape index (κ2) is 3.88. The SMILES string of the molecule is Cc1ccc2cnc(C3COCCN3)n2c1. The number of morpholine rings is 1. The van der Waals surface area contributed by atoms with Crippen molar-refractivity contribution >= 4 is 5.52 Å². The minimum Gasteiger partial charge on any atom is -0.378 e. The van der Waals surface area contributed by atoms with Crippen molar-refractivity contribution in [3.8, 4) is 0 Å². The lowest BCUT2D eigenvalue weighted by Crippen LogP contribution is -2.35. The van der Waals surface area contributed by atoms with Crippen LogP contribution in [-0.4, -0.2) is 29.1 Å².